The number of ether oxygens (including phenoxy) is 1. The number of hydrogen-bond donors (Lipinski definition) is 0. The molecule has 0 bridgehead atoms. The molecule has 0 spiro atoms. The molecule has 0 saturated carbocycles. The number of piperidine rings is 1. The predicted octanol–water partition coefficient (Wildman–Crippen LogP) is 4.51. The number of rotatable bonds is 4. The number of nitrogens with zero attached hydrogens (tertiary/aromatic N) is 3. The van der Waals surface area contributed by atoms with Gasteiger partial charge in [0.05, 0.1) is 30.2 Å². The van der Waals surface area contributed by atoms with Crippen molar-refractivity contribution in [2.24, 2.45) is 0 Å². The molecule has 0 radical (unpaired) electrons. The SMILES string of the molecule is COc1ccc(CC(=O)N2CCCC(c3noc4nc(C)cc(C(F)(F)F)c34)C2)cc1. The number of methoxy groups -OCH3 is 1. The highest BCUT2D eigenvalue weighted by atomic mass is 19.4. The van der Waals surface area contributed by atoms with Crippen LogP contribution in [0.4, 0.5) is 13.2 Å². The van der Waals surface area contributed by atoms with Crippen LogP contribution >= 0.6 is 0 Å². The minimum absolute atomic E-state index is 0.0762. The van der Waals surface area contributed by atoms with Crippen molar-refractivity contribution in [1.29, 1.82) is 0 Å². The summed E-state index contributed by atoms with van der Waals surface area (Å²) in [5.41, 5.74) is 0.357. The topological polar surface area (TPSA) is 68.5 Å². The summed E-state index contributed by atoms with van der Waals surface area (Å²) in [7, 11) is 1.57. The smallest absolute Gasteiger partial charge is 0.417 e. The third-order valence-electron chi connectivity index (χ3n) is 5.58. The van der Waals surface area contributed by atoms with Crippen molar-refractivity contribution < 1.29 is 27.2 Å². The average Bonchev–Trinajstić information content (AvgIpc) is 3.16. The second-order valence-electron chi connectivity index (χ2n) is 7.76. The summed E-state index contributed by atoms with van der Waals surface area (Å²) in [4.78, 5) is 18.6. The summed E-state index contributed by atoms with van der Waals surface area (Å²) in [6.07, 6.45) is -3.04. The number of pyridine rings is 1. The molecule has 1 aliphatic heterocycles. The lowest BCUT2D eigenvalue weighted by Crippen LogP contribution is -2.40. The van der Waals surface area contributed by atoms with Gasteiger partial charge in [0.1, 0.15) is 5.75 Å². The van der Waals surface area contributed by atoms with E-state index < -0.39 is 11.7 Å². The Morgan fingerprint density at radius 1 is 1.29 bits per heavy atom. The van der Waals surface area contributed by atoms with Crippen LogP contribution in [0.15, 0.2) is 34.9 Å². The van der Waals surface area contributed by atoms with Gasteiger partial charge in [-0.3, -0.25) is 4.79 Å². The molecule has 2 aromatic heterocycles. The molecule has 1 atom stereocenters. The molecule has 1 saturated heterocycles. The Bertz CT molecular complexity index is 1090. The molecule has 1 amide bonds. The maximum atomic E-state index is 13.7. The molecule has 1 unspecified atom stereocenters. The number of benzene rings is 1. The molecule has 1 fully saturated rings. The number of carbonyl (C=O) groups excluding carboxylic acids is 1. The van der Waals surface area contributed by atoms with E-state index in [9.17, 15) is 18.0 Å². The highest BCUT2D eigenvalue weighted by Gasteiger charge is 2.38. The van der Waals surface area contributed by atoms with Crippen LogP contribution in [-0.2, 0) is 17.4 Å². The van der Waals surface area contributed by atoms with Crippen molar-refractivity contribution in [3.8, 4) is 5.75 Å². The molecule has 6 nitrogen and oxygen atoms in total. The zero-order chi connectivity index (χ0) is 22.2. The average molecular weight is 433 g/mol. The number of fused-ring (bicyclic) bond motifs is 1. The Labute approximate surface area is 177 Å². The first-order valence-electron chi connectivity index (χ1n) is 10.0. The van der Waals surface area contributed by atoms with Crippen LogP contribution in [-0.4, -0.2) is 41.1 Å². The van der Waals surface area contributed by atoms with Crippen LogP contribution in [0, 0.1) is 6.92 Å². The van der Waals surface area contributed by atoms with Gasteiger partial charge in [0.2, 0.25) is 5.91 Å². The van der Waals surface area contributed by atoms with Crippen LogP contribution in [0.2, 0.25) is 0 Å². The van der Waals surface area contributed by atoms with Crippen molar-refractivity contribution in [1.82, 2.24) is 15.0 Å². The highest BCUT2D eigenvalue weighted by Crippen LogP contribution is 2.40. The minimum Gasteiger partial charge on any atom is -0.497 e. The first-order valence-corrected chi connectivity index (χ1v) is 10.0. The van der Waals surface area contributed by atoms with Crippen LogP contribution in [0.5, 0.6) is 5.75 Å². The quantitative estimate of drug-likeness (QED) is 0.606. The molecular formula is C22H22F3N3O3. The van der Waals surface area contributed by atoms with Crippen LogP contribution in [0.25, 0.3) is 11.1 Å². The fourth-order valence-corrected chi connectivity index (χ4v) is 4.06. The summed E-state index contributed by atoms with van der Waals surface area (Å²) < 4.78 is 51.2. The molecular weight excluding hydrogens is 411 g/mol. The number of aryl methyl sites for hydroxylation is 1. The minimum atomic E-state index is -4.55. The summed E-state index contributed by atoms with van der Waals surface area (Å²) in [5, 5.41) is 3.84. The first-order chi connectivity index (χ1) is 14.8. The standard InChI is InChI=1S/C22H22F3N3O3/c1-13-10-17(22(23,24)25)19-20(27-31-21(19)26-13)15-4-3-9-28(12-15)18(29)11-14-5-7-16(30-2)8-6-14/h5-8,10,15H,3-4,9,11-12H2,1-2H3. The van der Waals surface area contributed by atoms with Crippen LogP contribution in [0.1, 0.15) is 41.3 Å². The van der Waals surface area contributed by atoms with E-state index in [1.807, 2.05) is 12.1 Å². The Morgan fingerprint density at radius 3 is 2.71 bits per heavy atom. The number of likely N-dealkylation sites (tertiary alicyclic amines) is 1. The van der Waals surface area contributed by atoms with Gasteiger partial charge in [0, 0.05) is 24.7 Å². The van der Waals surface area contributed by atoms with Gasteiger partial charge in [-0.2, -0.15) is 13.2 Å². The van der Waals surface area contributed by atoms with Crippen molar-refractivity contribution in [2.75, 3.05) is 20.2 Å². The maximum absolute atomic E-state index is 13.7. The molecule has 1 aromatic carbocycles. The fourth-order valence-electron chi connectivity index (χ4n) is 4.06. The van der Waals surface area contributed by atoms with Gasteiger partial charge >= 0.3 is 6.18 Å². The summed E-state index contributed by atoms with van der Waals surface area (Å²) in [5.74, 6) is 0.282. The van der Waals surface area contributed by atoms with Crippen molar-refractivity contribution >= 4 is 17.0 Å². The van der Waals surface area contributed by atoms with E-state index in [0.29, 0.717) is 31.7 Å². The van der Waals surface area contributed by atoms with E-state index in [4.69, 9.17) is 9.26 Å². The van der Waals surface area contributed by atoms with Gasteiger partial charge in [-0.15, -0.1) is 0 Å². The van der Waals surface area contributed by atoms with E-state index in [0.717, 1.165) is 11.6 Å². The second kappa shape index (κ2) is 8.20. The van der Waals surface area contributed by atoms with Crippen molar-refractivity contribution in [3.05, 3.63) is 52.8 Å². The van der Waals surface area contributed by atoms with Gasteiger partial charge in [-0.05, 0) is 43.5 Å². The summed E-state index contributed by atoms with van der Waals surface area (Å²) >= 11 is 0. The third-order valence-corrected chi connectivity index (χ3v) is 5.58. The lowest BCUT2D eigenvalue weighted by molar-refractivity contribution is -0.136. The fraction of sp³-hybridized carbons (Fsp3) is 0.409. The van der Waals surface area contributed by atoms with Gasteiger partial charge in [0.25, 0.3) is 5.71 Å². The second-order valence-corrected chi connectivity index (χ2v) is 7.76. The Morgan fingerprint density at radius 2 is 2.03 bits per heavy atom. The first kappa shape index (κ1) is 21.1. The molecule has 9 heteroatoms. The summed E-state index contributed by atoms with van der Waals surface area (Å²) in [6.45, 7) is 2.34. The normalized spacial score (nSPS) is 17.2. The predicted molar refractivity (Wildman–Crippen MR) is 107 cm³/mol. The van der Waals surface area contributed by atoms with Gasteiger partial charge in [0.15, 0.2) is 0 Å². The van der Waals surface area contributed by atoms with E-state index in [-0.39, 0.29) is 40.7 Å². The van der Waals surface area contributed by atoms with E-state index >= 15 is 0 Å². The third kappa shape index (κ3) is 4.35. The molecule has 0 N–H and O–H groups in total. The zero-order valence-corrected chi connectivity index (χ0v) is 17.2. The number of hydrogen-bond acceptors (Lipinski definition) is 5. The van der Waals surface area contributed by atoms with E-state index in [1.165, 1.54) is 6.92 Å². The number of halogens is 3. The largest absolute Gasteiger partial charge is 0.497 e. The van der Waals surface area contributed by atoms with Gasteiger partial charge < -0.3 is 14.2 Å². The molecule has 3 heterocycles. The van der Waals surface area contributed by atoms with E-state index in [2.05, 4.69) is 10.1 Å². The number of carbonyl (C=O) groups is 1. The molecule has 3 aromatic rings. The van der Waals surface area contributed by atoms with Crippen molar-refractivity contribution in [3.63, 3.8) is 0 Å². The lowest BCUT2D eigenvalue weighted by Gasteiger charge is -2.32. The Hall–Kier alpha value is -3.10. The monoisotopic (exact) mass is 433 g/mol. The summed E-state index contributed by atoms with van der Waals surface area (Å²) in [6, 6.07) is 8.24. The number of amides is 1. The van der Waals surface area contributed by atoms with Crippen LogP contribution in [0.3, 0.4) is 0 Å². The molecule has 1 aliphatic rings. The highest BCUT2D eigenvalue weighted by molar-refractivity contribution is 5.82. The van der Waals surface area contributed by atoms with Gasteiger partial charge in [-0.25, -0.2) is 4.98 Å². The van der Waals surface area contributed by atoms with Gasteiger partial charge in [-0.1, -0.05) is 17.3 Å². The number of alkyl halides is 3. The Kier molecular flexibility index (Phi) is 5.60. The lowest BCUT2D eigenvalue weighted by atomic mass is 9.91. The molecule has 164 valence electrons. The van der Waals surface area contributed by atoms with E-state index in [1.54, 1.807) is 24.1 Å². The van der Waals surface area contributed by atoms with Crippen LogP contribution < -0.4 is 4.74 Å². The maximum Gasteiger partial charge on any atom is 0.417 e. The number of aromatic nitrogens is 2. The molecule has 0 aliphatic carbocycles. The molecule has 31 heavy (non-hydrogen) atoms. The Balaban J connectivity index is 1.57. The zero-order valence-electron chi connectivity index (χ0n) is 17.2. The molecule has 4 rings (SSSR count). The van der Waals surface area contributed by atoms with Crippen molar-refractivity contribution in [2.45, 2.75) is 38.3 Å².